The van der Waals surface area contributed by atoms with E-state index in [0.717, 1.165) is 73.8 Å². The fourth-order valence-corrected chi connectivity index (χ4v) is 9.96. The lowest BCUT2D eigenvalue weighted by molar-refractivity contribution is 0.0678. The van der Waals surface area contributed by atoms with Crippen LogP contribution in [0.25, 0.3) is 0 Å². The fourth-order valence-electron chi connectivity index (χ4n) is 8.10. The maximum Gasteiger partial charge on any atom is 0.238 e. The van der Waals surface area contributed by atoms with Gasteiger partial charge in [0.05, 0.1) is 16.6 Å². The highest BCUT2D eigenvalue weighted by Gasteiger charge is 2.33. The lowest BCUT2D eigenvalue weighted by Gasteiger charge is -2.35. The summed E-state index contributed by atoms with van der Waals surface area (Å²) in [6, 6.07) is 35.6. The molecule has 0 aromatic heterocycles. The summed E-state index contributed by atoms with van der Waals surface area (Å²) < 4.78 is 31.0. The molecule has 57 heavy (non-hydrogen) atoms. The molecule has 2 unspecified atom stereocenters. The van der Waals surface area contributed by atoms with Gasteiger partial charge in [0.2, 0.25) is 6.29 Å². The summed E-state index contributed by atoms with van der Waals surface area (Å²) in [5, 5.41) is 10.7. The molecule has 0 saturated heterocycles. The van der Waals surface area contributed by atoms with Crippen LogP contribution in [0.2, 0.25) is 0 Å². The quantitative estimate of drug-likeness (QED) is 0.112. The topological polar surface area (TPSA) is 71.5 Å². The number of ether oxygens (including phenoxy) is 3. The summed E-state index contributed by atoms with van der Waals surface area (Å²) in [4.78, 5) is 8.44. The second-order valence-corrected chi connectivity index (χ2v) is 19.6. The van der Waals surface area contributed by atoms with Gasteiger partial charge in [-0.1, -0.05) is 54.2 Å². The van der Waals surface area contributed by atoms with Crippen molar-refractivity contribution in [2.24, 2.45) is 0 Å². The molecule has 0 spiro atoms. The van der Waals surface area contributed by atoms with Crippen LogP contribution in [0.4, 0.5) is 0 Å². The zero-order chi connectivity index (χ0) is 39.7. The molecule has 8 rings (SSSR count). The number of aryl methyl sites for hydroxylation is 2. The Hall–Kier alpha value is -4.28. The summed E-state index contributed by atoms with van der Waals surface area (Å²) in [6.45, 7) is 15.0. The number of rotatable bonds is 15. The van der Waals surface area contributed by atoms with Gasteiger partial charge >= 0.3 is 0 Å². The molecule has 0 aliphatic carbocycles. The first-order chi connectivity index (χ1) is 27.4. The third kappa shape index (κ3) is 9.23. The highest BCUT2D eigenvalue weighted by Crippen LogP contribution is 2.39. The van der Waals surface area contributed by atoms with Crippen molar-refractivity contribution < 1.29 is 23.5 Å². The molecule has 0 bridgehead atoms. The van der Waals surface area contributed by atoms with Crippen molar-refractivity contribution in [1.82, 2.24) is 9.80 Å². The highest BCUT2D eigenvalue weighted by molar-refractivity contribution is 7.99. The summed E-state index contributed by atoms with van der Waals surface area (Å²) >= 11 is 1.81. The van der Waals surface area contributed by atoms with Gasteiger partial charge in [0.25, 0.3) is 0 Å². The zero-order valence-corrected chi connectivity index (χ0v) is 35.4. The lowest BCUT2D eigenvalue weighted by atomic mass is 9.93. The van der Waals surface area contributed by atoms with E-state index >= 15 is 0 Å². The molecule has 3 aliphatic heterocycles. The largest absolute Gasteiger partial charge is 0.504 e. The van der Waals surface area contributed by atoms with Crippen molar-refractivity contribution in [3.63, 3.8) is 0 Å². The molecule has 3 heterocycles. The van der Waals surface area contributed by atoms with E-state index < -0.39 is 10.8 Å². The number of fused-ring (bicyclic) bond motifs is 3. The van der Waals surface area contributed by atoms with Gasteiger partial charge in [-0.15, -0.1) is 0 Å². The van der Waals surface area contributed by atoms with Gasteiger partial charge in [-0.05, 0) is 147 Å². The van der Waals surface area contributed by atoms with Gasteiger partial charge in [-0.2, -0.15) is 0 Å². The van der Waals surface area contributed by atoms with E-state index in [9.17, 15) is 9.32 Å². The van der Waals surface area contributed by atoms with Crippen LogP contribution >= 0.6 is 11.8 Å². The Kier molecular flexibility index (Phi) is 11.5. The SMILES string of the molecule is CC1Oc2ccc(CCC(C)(C)N3Cc4ccc(S(=O)CCOc5cc(CCC(C)(C)N6Cc7ccc(Sc8ccccc8)cc7C6)ccc5O)cc4C3)cc2O1. The van der Waals surface area contributed by atoms with Gasteiger partial charge in [0.15, 0.2) is 23.0 Å². The third-order valence-electron chi connectivity index (χ3n) is 11.9. The first-order valence-corrected chi connectivity index (χ1v) is 22.3. The first-order valence-electron chi connectivity index (χ1n) is 20.1. The van der Waals surface area contributed by atoms with Gasteiger partial charge in [-0.25, -0.2) is 0 Å². The zero-order valence-electron chi connectivity index (χ0n) is 33.8. The summed E-state index contributed by atoms with van der Waals surface area (Å²) in [5.74, 6) is 2.55. The minimum absolute atomic E-state index is 0.0165. The minimum Gasteiger partial charge on any atom is -0.504 e. The standard InChI is InChI=1S/C48H54N2O5S2/c1-33-54-44-18-12-35(26-46(44)55-33)20-22-48(4,5)50-30-37-14-16-42(28-39(37)32-50)57(52)24-23-53-45-25-34(11-17-43(45)51)19-21-47(2,3)49-29-36-13-15-41(27-38(36)31-49)56-40-9-7-6-8-10-40/h6-18,25-28,33,51H,19-24,29-32H2,1-5H3. The van der Waals surface area contributed by atoms with Crippen LogP contribution in [0.1, 0.15) is 80.8 Å². The highest BCUT2D eigenvalue weighted by atomic mass is 32.2. The average molecular weight is 803 g/mol. The number of aromatic hydroxyl groups is 1. The summed E-state index contributed by atoms with van der Waals surface area (Å²) in [6.07, 6.45) is 3.54. The molecule has 298 valence electrons. The van der Waals surface area contributed by atoms with Crippen LogP contribution in [-0.2, 0) is 49.8 Å². The monoisotopic (exact) mass is 802 g/mol. The Balaban J connectivity index is 0.807. The van der Waals surface area contributed by atoms with E-state index in [1.807, 2.05) is 43.0 Å². The second kappa shape index (κ2) is 16.5. The Morgan fingerprint density at radius 1 is 0.702 bits per heavy atom. The van der Waals surface area contributed by atoms with Crippen LogP contribution in [0.3, 0.4) is 0 Å². The van der Waals surface area contributed by atoms with E-state index in [2.05, 4.69) is 110 Å². The van der Waals surface area contributed by atoms with Crippen LogP contribution in [0.15, 0.2) is 118 Å². The van der Waals surface area contributed by atoms with E-state index in [1.54, 1.807) is 6.07 Å². The number of hydrogen-bond acceptors (Lipinski definition) is 8. The van der Waals surface area contributed by atoms with Gasteiger partial charge in [0.1, 0.15) is 6.61 Å². The minimum atomic E-state index is -1.22. The molecule has 0 fully saturated rings. The molecule has 1 N–H and O–H groups in total. The average Bonchev–Trinajstić information content (AvgIpc) is 3.94. The molecular formula is C48H54N2O5S2. The molecule has 9 heteroatoms. The van der Waals surface area contributed by atoms with Crippen LogP contribution in [0.5, 0.6) is 23.0 Å². The van der Waals surface area contributed by atoms with E-state index in [4.69, 9.17) is 14.2 Å². The van der Waals surface area contributed by atoms with Crippen molar-refractivity contribution in [2.45, 2.75) is 119 Å². The normalized spacial score (nSPS) is 17.1. The first kappa shape index (κ1) is 39.5. The number of hydrogen-bond donors (Lipinski definition) is 1. The number of phenolic OH excluding ortho intramolecular Hbond substituents is 1. The third-order valence-corrected chi connectivity index (χ3v) is 14.3. The second-order valence-electron chi connectivity index (χ2n) is 16.9. The predicted molar refractivity (Wildman–Crippen MR) is 229 cm³/mol. The van der Waals surface area contributed by atoms with Gasteiger partial charge in [-0.3, -0.25) is 14.0 Å². The molecule has 0 radical (unpaired) electrons. The number of nitrogens with zero attached hydrogens (tertiary/aromatic N) is 2. The van der Waals surface area contributed by atoms with E-state index in [-0.39, 0.29) is 29.7 Å². The smallest absolute Gasteiger partial charge is 0.238 e. The number of benzene rings is 5. The summed E-state index contributed by atoms with van der Waals surface area (Å²) in [7, 11) is -1.22. The Morgan fingerprint density at radius 3 is 2.04 bits per heavy atom. The van der Waals surface area contributed by atoms with Crippen molar-refractivity contribution >= 4 is 22.6 Å². The molecular weight excluding hydrogens is 749 g/mol. The molecule has 3 aliphatic rings. The number of phenols is 1. The van der Waals surface area contributed by atoms with Crippen LogP contribution < -0.4 is 14.2 Å². The van der Waals surface area contributed by atoms with E-state index in [0.29, 0.717) is 11.5 Å². The molecule has 5 aromatic rings. The Bertz CT molecular complexity index is 2260. The molecule has 5 aromatic carbocycles. The molecule has 7 nitrogen and oxygen atoms in total. The van der Waals surface area contributed by atoms with Crippen molar-refractivity contribution in [3.8, 4) is 23.0 Å². The van der Waals surface area contributed by atoms with E-state index in [1.165, 1.54) is 37.6 Å². The Morgan fingerprint density at radius 2 is 1.32 bits per heavy atom. The van der Waals surface area contributed by atoms with Crippen molar-refractivity contribution in [2.75, 3.05) is 12.4 Å². The Labute approximate surface area is 344 Å². The predicted octanol–water partition coefficient (Wildman–Crippen LogP) is 10.3. The maximum atomic E-state index is 13.5. The molecule has 2 atom stereocenters. The van der Waals surface area contributed by atoms with Gasteiger partial charge in [0, 0.05) is 58.9 Å². The maximum absolute atomic E-state index is 13.5. The van der Waals surface area contributed by atoms with Crippen molar-refractivity contribution in [3.05, 3.63) is 137 Å². The lowest BCUT2D eigenvalue weighted by Crippen LogP contribution is -2.40. The summed E-state index contributed by atoms with van der Waals surface area (Å²) in [5.41, 5.74) is 7.68. The fraction of sp³-hybridized carbons (Fsp3) is 0.375. The molecule has 0 amide bonds. The van der Waals surface area contributed by atoms with Crippen LogP contribution in [0, 0.1) is 0 Å². The molecule has 0 saturated carbocycles. The van der Waals surface area contributed by atoms with Gasteiger partial charge < -0.3 is 19.3 Å². The van der Waals surface area contributed by atoms with Crippen molar-refractivity contribution in [1.29, 1.82) is 0 Å². The van der Waals surface area contributed by atoms with Crippen LogP contribution in [-0.4, -0.2) is 48.8 Å².